The number of hydrogen-bond donors (Lipinski definition) is 3. The van der Waals surface area contributed by atoms with E-state index in [9.17, 15) is 4.79 Å². The molecular weight excluding hydrogens is 288 g/mol. The molecule has 0 aliphatic heterocycles. The average molecular weight is 301 g/mol. The SMILES string of the molecule is O=C(Nc1cccc(C#CCO)c1)Nc1ccccc1Cl. The minimum absolute atomic E-state index is 0.204. The standard InChI is InChI=1S/C16H13ClN2O2/c17-14-8-1-2-9-15(14)19-16(21)18-13-7-3-5-12(11-13)6-4-10-20/h1-3,5,7-9,11,20H,10H2,(H2,18,19,21). The second-order valence-corrected chi connectivity index (χ2v) is 4.51. The normalized spacial score (nSPS) is 9.43. The van der Waals surface area contributed by atoms with E-state index in [0.29, 0.717) is 22.0 Å². The van der Waals surface area contributed by atoms with Crippen LogP contribution in [0, 0.1) is 11.8 Å². The molecule has 0 aromatic heterocycles. The van der Waals surface area contributed by atoms with Gasteiger partial charge in [0, 0.05) is 11.3 Å². The van der Waals surface area contributed by atoms with E-state index >= 15 is 0 Å². The Hall–Kier alpha value is -2.48. The van der Waals surface area contributed by atoms with Gasteiger partial charge >= 0.3 is 6.03 Å². The van der Waals surface area contributed by atoms with E-state index in [1.54, 1.807) is 48.5 Å². The van der Waals surface area contributed by atoms with Crippen molar-refractivity contribution in [1.82, 2.24) is 0 Å². The summed E-state index contributed by atoms with van der Waals surface area (Å²) >= 11 is 5.97. The molecule has 0 atom stereocenters. The Morgan fingerprint density at radius 1 is 1.14 bits per heavy atom. The van der Waals surface area contributed by atoms with Crippen molar-refractivity contribution in [2.75, 3.05) is 17.2 Å². The van der Waals surface area contributed by atoms with Gasteiger partial charge in [-0.3, -0.25) is 0 Å². The van der Waals surface area contributed by atoms with E-state index in [2.05, 4.69) is 22.5 Å². The van der Waals surface area contributed by atoms with Crippen molar-refractivity contribution in [2.45, 2.75) is 0 Å². The molecule has 0 fully saturated rings. The minimum Gasteiger partial charge on any atom is -0.384 e. The molecule has 0 aliphatic rings. The maximum atomic E-state index is 11.9. The fourth-order valence-corrected chi connectivity index (χ4v) is 1.85. The second-order valence-electron chi connectivity index (χ2n) is 4.10. The number of carbonyl (C=O) groups excluding carboxylic acids is 1. The third-order valence-corrected chi connectivity index (χ3v) is 2.88. The Bertz CT molecular complexity index is 705. The predicted octanol–water partition coefficient (Wildman–Crippen LogP) is 3.33. The topological polar surface area (TPSA) is 61.4 Å². The molecule has 0 unspecified atom stereocenters. The number of anilines is 2. The van der Waals surface area contributed by atoms with Gasteiger partial charge in [-0.2, -0.15) is 0 Å². The molecule has 4 nitrogen and oxygen atoms in total. The van der Waals surface area contributed by atoms with Crippen LogP contribution in [0.4, 0.5) is 16.2 Å². The van der Waals surface area contributed by atoms with Crippen LogP contribution < -0.4 is 10.6 Å². The van der Waals surface area contributed by atoms with Crippen molar-refractivity contribution in [2.24, 2.45) is 0 Å². The van der Waals surface area contributed by atoms with E-state index < -0.39 is 6.03 Å². The molecule has 5 heteroatoms. The third kappa shape index (κ3) is 4.53. The Morgan fingerprint density at radius 2 is 1.95 bits per heavy atom. The third-order valence-electron chi connectivity index (χ3n) is 2.55. The number of amides is 2. The molecule has 0 heterocycles. The molecule has 2 aromatic carbocycles. The number of nitrogens with one attached hydrogen (secondary N) is 2. The molecule has 0 spiro atoms. The number of aliphatic hydroxyl groups is 1. The van der Waals surface area contributed by atoms with E-state index in [1.165, 1.54) is 0 Å². The number of aliphatic hydroxyl groups excluding tert-OH is 1. The number of urea groups is 1. The zero-order valence-corrected chi connectivity index (χ0v) is 11.8. The zero-order valence-electron chi connectivity index (χ0n) is 11.1. The maximum absolute atomic E-state index is 11.9. The monoisotopic (exact) mass is 300 g/mol. The first kappa shape index (κ1) is 14.9. The summed E-state index contributed by atoms with van der Waals surface area (Å²) in [6, 6.07) is 13.6. The number of hydrogen-bond acceptors (Lipinski definition) is 2. The fourth-order valence-electron chi connectivity index (χ4n) is 1.66. The summed E-state index contributed by atoms with van der Waals surface area (Å²) in [5.41, 5.74) is 1.84. The summed E-state index contributed by atoms with van der Waals surface area (Å²) in [6.45, 7) is -0.204. The summed E-state index contributed by atoms with van der Waals surface area (Å²) in [4.78, 5) is 11.9. The number of rotatable bonds is 2. The summed E-state index contributed by atoms with van der Waals surface area (Å²) < 4.78 is 0. The van der Waals surface area contributed by atoms with E-state index in [0.717, 1.165) is 0 Å². The van der Waals surface area contributed by atoms with Crippen molar-refractivity contribution in [1.29, 1.82) is 0 Å². The Balaban J connectivity index is 2.04. The van der Waals surface area contributed by atoms with Gasteiger partial charge in [0.05, 0.1) is 10.7 Å². The highest BCUT2D eigenvalue weighted by atomic mass is 35.5. The number of benzene rings is 2. The van der Waals surface area contributed by atoms with Crippen LogP contribution in [0.15, 0.2) is 48.5 Å². The van der Waals surface area contributed by atoms with Gasteiger partial charge in [0.2, 0.25) is 0 Å². The largest absolute Gasteiger partial charge is 0.384 e. The van der Waals surface area contributed by atoms with Gasteiger partial charge in [0.1, 0.15) is 6.61 Å². The van der Waals surface area contributed by atoms with Crippen molar-refractivity contribution in [3.8, 4) is 11.8 Å². The number of para-hydroxylation sites is 1. The van der Waals surface area contributed by atoms with Gasteiger partial charge in [-0.1, -0.05) is 41.6 Å². The maximum Gasteiger partial charge on any atom is 0.323 e. The molecule has 0 aliphatic carbocycles. The fraction of sp³-hybridized carbons (Fsp3) is 0.0625. The molecule has 21 heavy (non-hydrogen) atoms. The quantitative estimate of drug-likeness (QED) is 0.745. The lowest BCUT2D eigenvalue weighted by Crippen LogP contribution is -2.19. The smallest absolute Gasteiger partial charge is 0.323 e. The molecule has 2 amide bonds. The zero-order chi connectivity index (χ0) is 15.1. The summed E-state index contributed by atoms with van der Waals surface area (Å²) in [5, 5.41) is 14.5. The molecule has 3 N–H and O–H groups in total. The van der Waals surface area contributed by atoms with Crippen molar-refractivity contribution in [3.05, 3.63) is 59.1 Å². The molecule has 2 aromatic rings. The molecule has 0 radical (unpaired) electrons. The van der Waals surface area contributed by atoms with E-state index in [1.807, 2.05) is 0 Å². The Kier molecular flexibility index (Phi) is 5.22. The van der Waals surface area contributed by atoms with Gasteiger partial charge in [0.15, 0.2) is 0 Å². The van der Waals surface area contributed by atoms with Crippen LogP contribution in [0.2, 0.25) is 5.02 Å². The van der Waals surface area contributed by atoms with Crippen LogP contribution in [0.5, 0.6) is 0 Å². The van der Waals surface area contributed by atoms with Crippen molar-refractivity contribution >= 4 is 29.0 Å². The van der Waals surface area contributed by atoms with Crippen LogP contribution in [-0.2, 0) is 0 Å². The molecule has 0 bridgehead atoms. The van der Waals surface area contributed by atoms with E-state index in [-0.39, 0.29) is 6.61 Å². The van der Waals surface area contributed by atoms with E-state index in [4.69, 9.17) is 16.7 Å². The highest BCUT2D eigenvalue weighted by molar-refractivity contribution is 6.33. The Labute approximate surface area is 127 Å². The molecular formula is C16H13ClN2O2. The van der Waals surface area contributed by atoms with Crippen molar-refractivity contribution in [3.63, 3.8) is 0 Å². The molecule has 0 saturated carbocycles. The Morgan fingerprint density at radius 3 is 2.71 bits per heavy atom. The summed E-state index contributed by atoms with van der Waals surface area (Å²) in [7, 11) is 0. The number of halogens is 1. The second kappa shape index (κ2) is 7.34. The predicted molar refractivity (Wildman–Crippen MR) is 84.5 cm³/mol. The van der Waals surface area contributed by atoms with Crippen LogP contribution in [0.3, 0.4) is 0 Å². The molecule has 0 saturated heterocycles. The lowest BCUT2D eigenvalue weighted by atomic mass is 10.2. The number of carbonyl (C=O) groups is 1. The molecule has 2 rings (SSSR count). The summed E-state index contributed by atoms with van der Waals surface area (Å²) in [6.07, 6.45) is 0. The van der Waals surface area contributed by atoms with Gasteiger partial charge in [-0.05, 0) is 30.3 Å². The van der Waals surface area contributed by atoms with Crippen LogP contribution >= 0.6 is 11.6 Å². The van der Waals surface area contributed by atoms with Gasteiger partial charge < -0.3 is 15.7 Å². The van der Waals surface area contributed by atoms with Crippen LogP contribution in [0.1, 0.15) is 5.56 Å². The molecule has 106 valence electrons. The van der Waals surface area contributed by atoms with Crippen LogP contribution in [-0.4, -0.2) is 17.7 Å². The summed E-state index contributed by atoms with van der Waals surface area (Å²) in [5.74, 6) is 5.33. The van der Waals surface area contributed by atoms with Crippen molar-refractivity contribution < 1.29 is 9.90 Å². The average Bonchev–Trinajstić information content (AvgIpc) is 2.48. The highest BCUT2D eigenvalue weighted by Crippen LogP contribution is 2.20. The highest BCUT2D eigenvalue weighted by Gasteiger charge is 2.05. The first-order valence-electron chi connectivity index (χ1n) is 6.21. The lowest BCUT2D eigenvalue weighted by molar-refractivity contribution is 0.262. The minimum atomic E-state index is -0.393. The van der Waals surface area contributed by atoms with Gasteiger partial charge in [0.25, 0.3) is 0 Å². The van der Waals surface area contributed by atoms with Crippen LogP contribution in [0.25, 0.3) is 0 Å². The van der Waals surface area contributed by atoms with Gasteiger partial charge in [-0.25, -0.2) is 4.79 Å². The van der Waals surface area contributed by atoms with Gasteiger partial charge in [-0.15, -0.1) is 0 Å². The lowest BCUT2D eigenvalue weighted by Gasteiger charge is -2.09. The first-order chi connectivity index (χ1) is 10.2. The first-order valence-corrected chi connectivity index (χ1v) is 6.59.